The summed E-state index contributed by atoms with van der Waals surface area (Å²) in [5, 5.41) is 19.0. The molecule has 1 atom stereocenters. The highest BCUT2D eigenvalue weighted by Crippen LogP contribution is 2.42. The van der Waals surface area contributed by atoms with Gasteiger partial charge in [-0.2, -0.15) is 22.8 Å². The van der Waals surface area contributed by atoms with Crippen molar-refractivity contribution in [3.8, 4) is 34.3 Å². The Hall–Kier alpha value is -5.23. The normalized spacial score (nSPS) is 12.2. The topological polar surface area (TPSA) is 152 Å². The number of amides is 1. The molecule has 16 heteroatoms. The SMILES string of the molecule is CCC(C(=O)Nc1ccc(-c2nnc(C(F)(F)C(F)(F)C(=O)OC)[nH]2)cc1)n1cc(OC)c(-c2cc(Cl)ccc2C#N)cc1=O. The molecule has 2 N–H and O–H groups in total. The van der Waals surface area contributed by atoms with Gasteiger partial charge in [-0.25, -0.2) is 4.79 Å². The van der Waals surface area contributed by atoms with Gasteiger partial charge in [-0.1, -0.05) is 18.5 Å². The van der Waals surface area contributed by atoms with E-state index in [9.17, 15) is 37.2 Å². The summed E-state index contributed by atoms with van der Waals surface area (Å²) >= 11 is 6.11. The van der Waals surface area contributed by atoms with E-state index >= 15 is 0 Å². The van der Waals surface area contributed by atoms with Gasteiger partial charge in [0.2, 0.25) is 11.7 Å². The van der Waals surface area contributed by atoms with E-state index in [0.717, 1.165) is 0 Å². The minimum atomic E-state index is -5.20. The predicted molar refractivity (Wildman–Crippen MR) is 153 cm³/mol. The number of benzene rings is 2. The van der Waals surface area contributed by atoms with Crippen LogP contribution in [0.15, 0.2) is 59.5 Å². The number of aromatic nitrogens is 4. The molecule has 0 radical (unpaired) electrons. The van der Waals surface area contributed by atoms with Crippen LogP contribution < -0.4 is 15.6 Å². The summed E-state index contributed by atoms with van der Waals surface area (Å²) < 4.78 is 66.8. The fourth-order valence-corrected chi connectivity index (χ4v) is 4.54. The summed E-state index contributed by atoms with van der Waals surface area (Å²) in [7, 11) is 1.91. The molecular formula is C29H23ClF4N6O5. The van der Waals surface area contributed by atoms with Crippen LogP contribution >= 0.6 is 11.6 Å². The van der Waals surface area contributed by atoms with Gasteiger partial charge in [0.25, 0.3) is 5.56 Å². The van der Waals surface area contributed by atoms with Crippen molar-refractivity contribution in [2.45, 2.75) is 31.2 Å². The van der Waals surface area contributed by atoms with Crippen molar-refractivity contribution < 1.29 is 36.6 Å². The largest absolute Gasteiger partial charge is 0.495 e. The quantitative estimate of drug-likeness (QED) is 0.173. The van der Waals surface area contributed by atoms with Crippen molar-refractivity contribution in [3.63, 3.8) is 0 Å². The summed E-state index contributed by atoms with van der Waals surface area (Å²) in [4.78, 5) is 39.6. The van der Waals surface area contributed by atoms with E-state index in [4.69, 9.17) is 16.3 Å². The average Bonchev–Trinajstić information content (AvgIpc) is 3.53. The summed E-state index contributed by atoms with van der Waals surface area (Å²) in [5.74, 6) is -14.9. The first-order chi connectivity index (χ1) is 21.3. The molecular weight excluding hydrogens is 624 g/mol. The molecule has 2 aromatic carbocycles. The molecule has 1 unspecified atom stereocenters. The van der Waals surface area contributed by atoms with Crippen molar-refractivity contribution >= 4 is 29.2 Å². The Bertz CT molecular complexity index is 1850. The number of nitrogens with zero attached hydrogens (tertiary/aromatic N) is 4. The van der Waals surface area contributed by atoms with Gasteiger partial charge in [0.15, 0.2) is 5.82 Å². The Kier molecular flexibility index (Phi) is 9.29. The highest BCUT2D eigenvalue weighted by molar-refractivity contribution is 6.31. The average molecular weight is 647 g/mol. The number of methoxy groups -OCH3 is 2. The molecule has 0 saturated heterocycles. The molecule has 234 valence electrons. The molecule has 0 aliphatic heterocycles. The maximum Gasteiger partial charge on any atom is 0.412 e. The van der Waals surface area contributed by atoms with E-state index in [2.05, 4.69) is 20.3 Å². The summed E-state index contributed by atoms with van der Waals surface area (Å²) in [6.07, 6.45) is 1.55. The van der Waals surface area contributed by atoms with Crippen molar-refractivity contribution in [1.29, 1.82) is 5.26 Å². The van der Waals surface area contributed by atoms with Crippen LogP contribution in [-0.2, 0) is 20.2 Å². The molecule has 0 spiro atoms. The van der Waals surface area contributed by atoms with Crippen LogP contribution in [0.4, 0.5) is 23.2 Å². The number of carbonyl (C=O) groups is 2. The van der Waals surface area contributed by atoms with Gasteiger partial charge in [-0.15, -0.1) is 10.2 Å². The number of hydrogen-bond donors (Lipinski definition) is 2. The van der Waals surface area contributed by atoms with Gasteiger partial charge >= 0.3 is 17.8 Å². The summed E-state index contributed by atoms with van der Waals surface area (Å²) in [6, 6.07) is 12.3. The van der Waals surface area contributed by atoms with Gasteiger partial charge < -0.3 is 19.8 Å². The van der Waals surface area contributed by atoms with Crippen LogP contribution in [0.25, 0.3) is 22.5 Å². The first-order valence-electron chi connectivity index (χ1n) is 13.0. The number of ether oxygens (including phenoxy) is 2. The lowest BCUT2D eigenvalue weighted by Crippen LogP contribution is -2.46. The van der Waals surface area contributed by atoms with Gasteiger partial charge in [0.05, 0.1) is 32.0 Å². The van der Waals surface area contributed by atoms with Crippen LogP contribution in [0.5, 0.6) is 5.75 Å². The molecule has 0 bridgehead atoms. The van der Waals surface area contributed by atoms with Gasteiger partial charge in [0, 0.05) is 33.5 Å². The number of alkyl halides is 4. The highest BCUT2D eigenvalue weighted by atomic mass is 35.5. The lowest BCUT2D eigenvalue weighted by molar-refractivity contribution is -0.233. The second kappa shape index (κ2) is 12.8. The molecule has 45 heavy (non-hydrogen) atoms. The number of H-pyrrole nitrogens is 1. The Morgan fingerprint density at radius 2 is 1.78 bits per heavy atom. The zero-order valence-electron chi connectivity index (χ0n) is 23.7. The second-order valence-corrected chi connectivity index (χ2v) is 9.89. The minimum Gasteiger partial charge on any atom is -0.495 e. The smallest absolute Gasteiger partial charge is 0.412 e. The Balaban J connectivity index is 1.56. The van der Waals surface area contributed by atoms with E-state index < -0.39 is 41.1 Å². The number of nitriles is 1. The molecule has 1 amide bonds. The standard InChI is InChI=1S/C29H23ClF4N6O5/c1-4-21(40-14-22(44-2)20(12-23(40)41)19-11-17(30)8-5-16(19)13-35)25(42)36-18-9-6-15(7-10-18)24-37-26(39-38-24)28(31,32)29(33,34)27(43)45-3/h5-12,14,21H,4H2,1-3H3,(H,36,42)(H,37,38,39). The van der Waals surface area contributed by atoms with E-state index in [1.165, 1.54) is 66.4 Å². The van der Waals surface area contributed by atoms with E-state index in [1.807, 2.05) is 11.1 Å². The van der Waals surface area contributed by atoms with Gasteiger partial charge in [-0.05, 0) is 48.9 Å². The molecule has 0 aliphatic rings. The zero-order chi connectivity index (χ0) is 33.1. The van der Waals surface area contributed by atoms with E-state index in [-0.39, 0.29) is 34.8 Å². The molecule has 2 heterocycles. The number of nitrogens with one attached hydrogen (secondary N) is 2. The monoisotopic (exact) mass is 646 g/mol. The third-order valence-corrected chi connectivity index (χ3v) is 6.96. The number of aromatic amines is 1. The number of anilines is 1. The van der Waals surface area contributed by atoms with Crippen LogP contribution in [0.2, 0.25) is 5.02 Å². The molecule has 0 fully saturated rings. The fourth-order valence-electron chi connectivity index (χ4n) is 4.37. The fraction of sp³-hybridized carbons (Fsp3) is 0.241. The first-order valence-corrected chi connectivity index (χ1v) is 13.4. The number of pyridine rings is 1. The van der Waals surface area contributed by atoms with Gasteiger partial charge in [-0.3, -0.25) is 14.2 Å². The van der Waals surface area contributed by atoms with Crippen LogP contribution in [-0.4, -0.2) is 51.8 Å². The Morgan fingerprint density at radius 1 is 1.09 bits per heavy atom. The molecule has 0 saturated carbocycles. The van der Waals surface area contributed by atoms with Crippen LogP contribution in [0, 0.1) is 11.3 Å². The van der Waals surface area contributed by atoms with Crippen molar-refractivity contribution in [3.05, 3.63) is 81.5 Å². The third kappa shape index (κ3) is 6.22. The van der Waals surface area contributed by atoms with E-state index in [1.54, 1.807) is 6.92 Å². The number of halogens is 5. The molecule has 0 aliphatic carbocycles. The number of carbonyl (C=O) groups excluding carboxylic acids is 2. The molecule has 4 aromatic rings. The van der Waals surface area contributed by atoms with Gasteiger partial charge in [0.1, 0.15) is 11.8 Å². The lowest BCUT2D eigenvalue weighted by atomic mass is 10.00. The first kappa shape index (κ1) is 32.7. The summed E-state index contributed by atoms with van der Waals surface area (Å²) in [6.45, 7) is 1.69. The summed E-state index contributed by atoms with van der Waals surface area (Å²) in [5.41, 5.74) is 0.790. The maximum atomic E-state index is 14.3. The Labute approximate surface area is 257 Å². The van der Waals surface area contributed by atoms with Crippen molar-refractivity contribution in [2.24, 2.45) is 0 Å². The van der Waals surface area contributed by atoms with Crippen LogP contribution in [0.3, 0.4) is 0 Å². The maximum absolute atomic E-state index is 14.3. The predicted octanol–water partition coefficient (Wildman–Crippen LogP) is 5.32. The number of rotatable bonds is 10. The minimum absolute atomic E-state index is 0.144. The second-order valence-electron chi connectivity index (χ2n) is 9.46. The number of hydrogen-bond acceptors (Lipinski definition) is 8. The van der Waals surface area contributed by atoms with Crippen LogP contribution in [0.1, 0.15) is 30.8 Å². The third-order valence-electron chi connectivity index (χ3n) is 6.73. The number of esters is 1. The molecule has 4 rings (SSSR count). The van der Waals surface area contributed by atoms with Crippen molar-refractivity contribution in [2.75, 3.05) is 19.5 Å². The van der Waals surface area contributed by atoms with E-state index in [0.29, 0.717) is 23.3 Å². The Morgan fingerprint density at radius 3 is 2.38 bits per heavy atom. The zero-order valence-corrected chi connectivity index (χ0v) is 24.5. The van der Waals surface area contributed by atoms with Crippen molar-refractivity contribution in [1.82, 2.24) is 19.7 Å². The molecule has 11 nitrogen and oxygen atoms in total. The lowest BCUT2D eigenvalue weighted by Gasteiger charge is -2.21. The molecule has 2 aromatic heterocycles. The highest BCUT2D eigenvalue weighted by Gasteiger charge is 2.66.